The summed E-state index contributed by atoms with van der Waals surface area (Å²) in [6.45, 7) is 2.18. The molecule has 0 atom stereocenters. The molecule has 2 aromatic rings. The molecule has 0 bridgehead atoms. The Labute approximate surface area is 117 Å². The van der Waals surface area contributed by atoms with Crippen LogP contribution in [0.3, 0.4) is 0 Å². The second-order valence-corrected chi connectivity index (χ2v) is 4.59. The average molecular weight is 278 g/mol. The van der Waals surface area contributed by atoms with E-state index >= 15 is 0 Å². The number of hydrogen-bond donors (Lipinski definition) is 1. The molecular weight excluding hydrogens is 262 g/mol. The van der Waals surface area contributed by atoms with Gasteiger partial charge < -0.3 is 10.5 Å². The Bertz CT molecular complexity index is 543. The summed E-state index contributed by atoms with van der Waals surface area (Å²) in [6.07, 6.45) is 4.89. The van der Waals surface area contributed by atoms with Crippen molar-refractivity contribution in [2.45, 2.75) is 26.2 Å². The Morgan fingerprint density at radius 1 is 1.26 bits per heavy atom. The van der Waals surface area contributed by atoms with Crippen LogP contribution in [0, 0.1) is 0 Å². The van der Waals surface area contributed by atoms with E-state index in [1.807, 2.05) is 24.3 Å². The first kappa shape index (κ1) is 13.6. The molecule has 0 saturated heterocycles. The second-order valence-electron chi connectivity index (χ2n) is 4.25. The summed E-state index contributed by atoms with van der Waals surface area (Å²) in [7, 11) is 0. The van der Waals surface area contributed by atoms with Crippen molar-refractivity contribution in [1.29, 1.82) is 0 Å². The minimum atomic E-state index is 0.115. The minimum absolute atomic E-state index is 0.115. The molecule has 0 fully saturated rings. The quantitative estimate of drug-likeness (QED) is 0.843. The van der Waals surface area contributed by atoms with E-state index in [2.05, 4.69) is 16.9 Å². The van der Waals surface area contributed by atoms with Crippen molar-refractivity contribution in [3.8, 4) is 11.6 Å². The van der Waals surface area contributed by atoms with Crippen molar-refractivity contribution in [3.63, 3.8) is 0 Å². The zero-order valence-corrected chi connectivity index (χ0v) is 11.5. The number of hydrogen-bond acceptors (Lipinski definition) is 4. The van der Waals surface area contributed by atoms with Crippen LogP contribution in [0.4, 0.5) is 5.69 Å². The lowest BCUT2D eigenvalue weighted by atomic mass is 10.1. The van der Waals surface area contributed by atoms with Crippen LogP contribution in [-0.4, -0.2) is 9.97 Å². The first-order valence-electron chi connectivity index (χ1n) is 6.24. The Balaban J connectivity index is 2.08. The molecular formula is C14H16ClN3O. The molecule has 1 aromatic carbocycles. The Morgan fingerprint density at radius 3 is 2.68 bits per heavy atom. The molecule has 0 aliphatic rings. The maximum Gasteiger partial charge on any atom is 0.247 e. The number of aromatic nitrogens is 2. The monoisotopic (exact) mass is 277 g/mol. The molecule has 0 unspecified atom stereocenters. The van der Waals surface area contributed by atoms with Crippen molar-refractivity contribution < 1.29 is 4.74 Å². The molecule has 0 amide bonds. The van der Waals surface area contributed by atoms with Crippen LogP contribution in [-0.2, 0) is 6.42 Å². The smallest absolute Gasteiger partial charge is 0.247 e. The van der Waals surface area contributed by atoms with E-state index in [4.69, 9.17) is 22.1 Å². The molecule has 1 heterocycles. The van der Waals surface area contributed by atoms with E-state index in [1.54, 1.807) is 0 Å². The Hall–Kier alpha value is -1.81. The molecule has 0 spiro atoms. The summed E-state index contributed by atoms with van der Waals surface area (Å²) >= 11 is 5.71. The fourth-order valence-electron chi connectivity index (χ4n) is 1.65. The van der Waals surface area contributed by atoms with Gasteiger partial charge in [0.1, 0.15) is 11.4 Å². The van der Waals surface area contributed by atoms with Gasteiger partial charge in [-0.15, -0.1) is 0 Å². The van der Waals surface area contributed by atoms with Gasteiger partial charge in [0.15, 0.2) is 0 Å². The molecule has 19 heavy (non-hydrogen) atoms. The largest absolute Gasteiger partial charge is 0.437 e. The number of nitrogens with two attached hydrogens (primary N) is 1. The molecule has 0 aliphatic carbocycles. The normalized spacial score (nSPS) is 10.4. The van der Waals surface area contributed by atoms with Gasteiger partial charge in [0, 0.05) is 0 Å². The third kappa shape index (κ3) is 3.83. The van der Waals surface area contributed by atoms with Crippen LogP contribution in [0.25, 0.3) is 0 Å². The summed E-state index contributed by atoms with van der Waals surface area (Å²) < 4.78 is 5.59. The second kappa shape index (κ2) is 6.38. The van der Waals surface area contributed by atoms with Crippen molar-refractivity contribution in [2.24, 2.45) is 0 Å². The number of ether oxygens (including phenoxy) is 1. The summed E-state index contributed by atoms with van der Waals surface area (Å²) in [4.78, 5) is 7.73. The van der Waals surface area contributed by atoms with E-state index in [-0.39, 0.29) is 11.2 Å². The average Bonchev–Trinajstić information content (AvgIpc) is 2.42. The fraction of sp³-hybridized carbons (Fsp3) is 0.286. The third-order valence-electron chi connectivity index (χ3n) is 2.71. The topological polar surface area (TPSA) is 61.0 Å². The van der Waals surface area contributed by atoms with Gasteiger partial charge in [0.05, 0.1) is 6.20 Å². The van der Waals surface area contributed by atoms with Gasteiger partial charge in [0.25, 0.3) is 0 Å². The van der Waals surface area contributed by atoms with Gasteiger partial charge in [-0.05, 0) is 42.1 Å². The maximum atomic E-state index is 5.72. The predicted octanol–water partition coefficient (Wildman–Crippen LogP) is 3.85. The van der Waals surface area contributed by atoms with Gasteiger partial charge in [0.2, 0.25) is 11.2 Å². The maximum absolute atomic E-state index is 5.72. The van der Waals surface area contributed by atoms with Gasteiger partial charge in [-0.2, -0.15) is 4.98 Å². The fourth-order valence-corrected chi connectivity index (χ4v) is 1.78. The molecule has 1 aromatic heterocycles. The number of halogens is 1. The van der Waals surface area contributed by atoms with Crippen LogP contribution < -0.4 is 10.5 Å². The Morgan fingerprint density at radius 2 is 2.00 bits per heavy atom. The van der Waals surface area contributed by atoms with E-state index in [0.717, 1.165) is 6.42 Å². The number of nitrogen functional groups attached to an aromatic ring is 1. The van der Waals surface area contributed by atoms with Gasteiger partial charge in [-0.1, -0.05) is 25.5 Å². The van der Waals surface area contributed by atoms with Crippen molar-refractivity contribution in [3.05, 3.63) is 41.3 Å². The van der Waals surface area contributed by atoms with Crippen LogP contribution in [0.1, 0.15) is 25.3 Å². The van der Waals surface area contributed by atoms with Crippen molar-refractivity contribution in [2.75, 3.05) is 5.73 Å². The molecule has 2 N–H and O–H groups in total. The summed E-state index contributed by atoms with van der Waals surface area (Å²) in [5.74, 6) is 0.961. The highest BCUT2D eigenvalue weighted by Gasteiger charge is 2.06. The lowest BCUT2D eigenvalue weighted by Crippen LogP contribution is -1.97. The van der Waals surface area contributed by atoms with Crippen LogP contribution in [0.2, 0.25) is 5.28 Å². The molecule has 0 radical (unpaired) electrons. The van der Waals surface area contributed by atoms with Crippen LogP contribution in [0.5, 0.6) is 11.6 Å². The molecule has 0 saturated carbocycles. The highest BCUT2D eigenvalue weighted by molar-refractivity contribution is 6.28. The molecule has 5 heteroatoms. The molecule has 0 aliphatic heterocycles. The van der Waals surface area contributed by atoms with Crippen LogP contribution >= 0.6 is 11.6 Å². The predicted molar refractivity (Wildman–Crippen MR) is 76.6 cm³/mol. The van der Waals surface area contributed by atoms with E-state index in [1.165, 1.54) is 24.6 Å². The minimum Gasteiger partial charge on any atom is -0.437 e. The lowest BCUT2D eigenvalue weighted by molar-refractivity contribution is 0.464. The standard InChI is InChI=1S/C14H16ClN3O/c1-2-3-4-10-5-7-11(8-6-10)19-13-12(16)9-17-14(15)18-13/h5-9H,2-4,16H2,1H3. The van der Waals surface area contributed by atoms with E-state index in [0.29, 0.717) is 11.4 Å². The SMILES string of the molecule is CCCCc1ccc(Oc2nc(Cl)ncc2N)cc1. The highest BCUT2D eigenvalue weighted by atomic mass is 35.5. The number of aryl methyl sites for hydroxylation is 1. The van der Waals surface area contributed by atoms with Gasteiger partial charge in [-0.25, -0.2) is 4.98 Å². The summed E-state index contributed by atoms with van der Waals surface area (Å²) in [5.41, 5.74) is 7.38. The van der Waals surface area contributed by atoms with E-state index in [9.17, 15) is 0 Å². The number of unbranched alkanes of at least 4 members (excludes halogenated alkanes) is 1. The molecule has 4 nitrogen and oxygen atoms in total. The van der Waals surface area contributed by atoms with Gasteiger partial charge in [-0.3, -0.25) is 0 Å². The Kier molecular flexibility index (Phi) is 4.58. The van der Waals surface area contributed by atoms with Crippen molar-refractivity contribution in [1.82, 2.24) is 9.97 Å². The number of anilines is 1. The lowest BCUT2D eigenvalue weighted by Gasteiger charge is -2.07. The first-order valence-corrected chi connectivity index (χ1v) is 6.61. The summed E-state index contributed by atoms with van der Waals surface area (Å²) in [6, 6.07) is 7.90. The summed E-state index contributed by atoms with van der Waals surface area (Å²) in [5, 5.41) is 0.115. The number of rotatable bonds is 5. The highest BCUT2D eigenvalue weighted by Crippen LogP contribution is 2.25. The van der Waals surface area contributed by atoms with Crippen LogP contribution in [0.15, 0.2) is 30.5 Å². The first-order chi connectivity index (χ1) is 9.19. The molecule has 2 rings (SSSR count). The third-order valence-corrected chi connectivity index (χ3v) is 2.89. The van der Waals surface area contributed by atoms with Gasteiger partial charge >= 0.3 is 0 Å². The van der Waals surface area contributed by atoms with Crippen molar-refractivity contribution >= 4 is 17.3 Å². The number of benzene rings is 1. The number of nitrogens with zero attached hydrogens (tertiary/aromatic N) is 2. The molecule has 100 valence electrons. The zero-order valence-electron chi connectivity index (χ0n) is 10.8. The van der Waals surface area contributed by atoms with E-state index < -0.39 is 0 Å². The zero-order chi connectivity index (χ0) is 13.7.